The highest BCUT2D eigenvalue weighted by molar-refractivity contribution is 5.98. The number of hydrogen-bond donors (Lipinski definition) is 3. The third-order valence-electron chi connectivity index (χ3n) is 6.42. The van der Waals surface area contributed by atoms with Crippen molar-refractivity contribution in [2.75, 3.05) is 18.5 Å². The number of esters is 1. The van der Waals surface area contributed by atoms with E-state index in [9.17, 15) is 14.4 Å². The molecule has 0 saturated carbocycles. The first-order valence-electron chi connectivity index (χ1n) is 12.7. The number of rotatable bonds is 10. The molecule has 1 heterocycles. The van der Waals surface area contributed by atoms with Crippen molar-refractivity contribution < 1.29 is 24.2 Å². The van der Waals surface area contributed by atoms with Crippen LogP contribution in [-0.2, 0) is 20.9 Å². The van der Waals surface area contributed by atoms with Gasteiger partial charge in [-0.3, -0.25) is 14.6 Å². The van der Waals surface area contributed by atoms with Crippen molar-refractivity contribution in [1.29, 1.82) is 0 Å². The molecule has 0 spiro atoms. The number of nitrogens with zero attached hydrogens (tertiary/aromatic N) is 1. The van der Waals surface area contributed by atoms with E-state index in [2.05, 4.69) is 15.6 Å². The molecule has 0 fully saturated rings. The van der Waals surface area contributed by atoms with Crippen LogP contribution in [0.2, 0.25) is 0 Å². The Bertz CT molecular complexity index is 1480. The lowest BCUT2D eigenvalue weighted by Crippen LogP contribution is -2.34. The van der Waals surface area contributed by atoms with Gasteiger partial charge in [-0.05, 0) is 60.2 Å². The van der Waals surface area contributed by atoms with Gasteiger partial charge in [-0.25, -0.2) is 4.79 Å². The van der Waals surface area contributed by atoms with Crippen LogP contribution in [0.5, 0.6) is 0 Å². The minimum atomic E-state index is -0.687. The Labute approximate surface area is 227 Å². The predicted octanol–water partition coefficient (Wildman–Crippen LogP) is 4.43. The van der Waals surface area contributed by atoms with Crippen LogP contribution in [0, 0.1) is 13.8 Å². The SMILES string of the molecule is Cc1ccc(C(=O)OCc2ccc(C(CNC(=O)CCO)C(=O)Nc3ccc4cnccc4c3)cc2)c(C)c1. The summed E-state index contributed by atoms with van der Waals surface area (Å²) in [6.07, 6.45) is 3.40. The summed E-state index contributed by atoms with van der Waals surface area (Å²) < 4.78 is 5.50. The second kappa shape index (κ2) is 12.8. The van der Waals surface area contributed by atoms with Gasteiger partial charge in [0.1, 0.15) is 6.61 Å². The number of aryl methyl sites for hydroxylation is 2. The van der Waals surface area contributed by atoms with Gasteiger partial charge in [-0.15, -0.1) is 0 Å². The number of aliphatic hydroxyl groups excluding tert-OH is 1. The average molecular weight is 526 g/mol. The molecule has 4 rings (SSSR count). The molecule has 0 aliphatic carbocycles. The number of carbonyl (C=O) groups is 3. The van der Waals surface area contributed by atoms with Crippen LogP contribution >= 0.6 is 0 Å². The third-order valence-corrected chi connectivity index (χ3v) is 6.42. The van der Waals surface area contributed by atoms with Crippen molar-refractivity contribution in [2.45, 2.75) is 32.8 Å². The van der Waals surface area contributed by atoms with Crippen LogP contribution in [0.3, 0.4) is 0 Å². The second-order valence-electron chi connectivity index (χ2n) is 9.39. The van der Waals surface area contributed by atoms with Gasteiger partial charge in [0, 0.05) is 36.4 Å². The fourth-order valence-corrected chi connectivity index (χ4v) is 4.27. The van der Waals surface area contributed by atoms with E-state index in [0.29, 0.717) is 16.8 Å². The molecule has 1 atom stereocenters. The first-order valence-corrected chi connectivity index (χ1v) is 12.7. The lowest BCUT2D eigenvalue weighted by atomic mass is 9.96. The minimum Gasteiger partial charge on any atom is -0.457 e. The molecule has 0 radical (unpaired) electrons. The maximum absolute atomic E-state index is 13.3. The molecule has 8 heteroatoms. The van der Waals surface area contributed by atoms with Crippen molar-refractivity contribution >= 4 is 34.2 Å². The van der Waals surface area contributed by atoms with Gasteiger partial charge >= 0.3 is 5.97 Å². The van der Waals surface area contributed by atoms with Crippen molar-refractivity contribution in [3.8, 4) is 0 Å². The summed E-state index contributed by atoms with van der Waals surface area (Å²) in [4.78, 5) is 42.0. The zero-order valence-corrected chi connectivity index (χ0v) is 21.9. The van der Waals surface area contributed by atoms with Crippen molar-refractivity contribution in [2.24, 2.45) is 0 Å². The van der Waals surface area contributed by atoms with Gasteiger partial charge in [0.25, 0.3) is 0 Å². The van der Waals surface area contributed by atoms with Gasteiger partial charge < -0.3 is 20.5 Å². The summed E-state index contributed by atoms with van der Waals surface area (Å²) in [7, 11) is 0. The van der Waals surface area contributed by atoms with E-state index in [1.807, 2.05) is 44.2 Å². The van der Waals surface area contributed by atoms with Crippen LogP contribution in [0.4, 0.5) is 5.69 Å². The number of amides is 2. The largest absolute Gasteiger partial charge is 0.457 e. The number of anilines is 1. The van der Waals surface area contributed by atoms with Crippen LogP contribution in [0.1, 0.15) is 45.0 Å². The molecule has 0 aliphatic rings. The molecule has 2 amide bonds. The summed E-state index contributed by atoms with van der Waals surface area (Å²) in [5.41, 5.74) is 4.53. The zero-order valence-electron chi connectivity index (χ0n) is 21.9. The van der Waals surface area contributed by atoms with E-state index >= 15 is 0 Å². The van der Waals surface area contributed by atoms with Gasteiger partial charge in [0.05, 0.1) is 18.1 Å². The van der Waals surface area contributed by atoms with Crippen molar-refractivity contribution in [3.05, 3.63) is 107 Å². The Hall–Kier alpha value is -4.56. The number of fused-ring (bicyclic) bond motifs is 1. The molecule has 8 nitrogen and oxygen atoms in total. The Kier molecular flexibility index (Phi) is 9.01. The Morgan fingerprint density at radius 1 is 0.949 bits per heavy atom. The fourth-order valence-electron chi connectivity index (χ4n) is 4.27. The highest BCUT2D eigenvalue weighted by atomic mass is 16.5. The normalized spacial score (nSPS) is 11.6. The number of carbonyl (C=O) groups excluding carboxylic acids is 3. The van der Waals surface area contributed by atoms with E-state index in [-0.39, 0.29) is 38.0 Å². The molecular formula is C31H31N3O5. The standard InChI is InChI=1S/C31H31N3O5/c1-20-3-10-27(21(2)15-20)31(38)39-19-22-4-6-23(7-5-22)28(18-33-29(36)12-14-35)30(37)34-26-9-8-25-17-32-13-11-24(25)16-26/h3-11,13,15-17,28,35H,12,14,18-19H2,1-2H3,(H,33,36)(H,34,37). The molecule has 1 aromatic heterocycles. The van der Waals surface area contributed by atoms with E-state index in [1.165, 1.54) is 0 Å². The average Bonchev–Trinajstić information content (AvgIpc) is 2.92. The number of aliphatic hydroxyl groups is 1. The lowest BCUT2D eigenvalue weighted by molar-refractivity contribution is -0.122. The number of pyridine rings is 1. The highest BCUT2D eigenvalue weighted by Gasteiger charge is 2.22. The van der Waals surface area contributed by atoms with Gasteiger partial charge in [-0.2, -0.15) is 0 Å². The maximum atomic E-state index is 13.3. The first-order chi connectivity index (χ1) is 18.8. The van der Waals surface area contributed by atoms with Crippen molar-refractivity contribution in [3.63, 3.8) is 0 Å². The molecule has 4 aromatic rings. The van der Waals surface area contributed by atoms with Crippen molar-refractivity contribution in [1.82, 2.24) is 10.3 Å². The molecule has 3 aromatic carbocycles. The maximum Gasteiger partial charge on any atom is 0.338 e. The number of hydrogen-bond acceptors (Lipinski definition) is 6. The van der Waals surface area contributed by atoms with E-state index in [1.54, 1.807) is 48.8 Å². The molecule has 200 valence electrons. The predicted molar refractivity (Wildman–Crippen MR) is 149 cm³/mol. The molecule has 0 saturated heterocycles. The Morgan fingerprint density at radius 3 is 2.49 bits per heavy atom. The van der Waals surface area contributed by atoms with Crippen LogP contribution in [0.15, 0.2) is 79.1 Å². The molecule has 1 unspecified atom stereocenters. The Morgan fingerprint density at radius 2 is 1.74 bits per heavy atom. The smallest absolute Gasteiger partial charge is 0.338 e. The van der Waals surface area contributed by atoms with Gasteiger partial charge in [0.15, 0.2) is 0 Å². The third kappa shape index (κ3) is 7.27. The van der Waals surface area contributed by atoms with Crippen LogP contribution in [0.25, 0.3) is 10.8 Å². The molecule has 0 bridgehead atoms. The lowest BCUT2D eigenvalue weighted by Gasteiger charge is -2.19. The van der Waals surface area contributed by atoms with E-state index < -0.39 is 11.9 Å². The van der Waals surface area contributed by atoms with Gasteiger partial charge in [0.2, 0.25) is 11.8 Å². The summed E-state index contributed by atoms with van der Waals surface area (Å²) >= 11 is 0. The zero-order chi connectivity index (χ0) is 27.8. The topological polar surface area (TPSA) is 118 Å². The number of nitrogens with one attached hydrogen (secondary N) is 2. The second-order valence-corrected chi connectivity index (χ2v) is 9.39. The quantitative estimate of drug-likeness (QED) is 0.264. The van der Waals surface area contributed by atoms with Crippen LogP contribution in [-0.4, -0.2) is 41.0 Å². The number of ether oxygens (including phenoxy) is 1. The number of benzene rings is 3. The number of aromatic nitrogens is 1. The highest BCUT2D eigenvalue weighted by Crippen LogP contribution is 2.22. The summed E-state index contributed by atoms with van der Waals surface area (Å²) in [6.45, 7) is 3.71. The summed E-state index contributed by atoms with van der Waals surface area (Å²) in [5.74, 6) is -1.72. The van der Waals surface area contributed by atoms with E-state index in [4.69, 9.17) is 9.84 Å². The monoisotopic (exact) mass is 525 g/mol. The molecule has 0 aliphatic heterocycles. The molecular weight excluding hydrogens is 494 g/mol. The van der Waals surface area contributed by atoms with E-state index in [0.717, 1.165) is 27.5 Å². The minimum absolute atomic E-state index is 0.0438. The summed E-state index contributed by atoms with van der Waals surface area (Å²) in [6, 6.07) is 20.1. The van der Waals surface area contributed by atoms with Crippen LogP contribution < -0.4 is 10.6 Å². The van der Waals surface area contributed by atoms with Gasteiger partial charge in [-0.1, -0.05) is 48.0 Å². The molecule has 39 heavy (non-hydrogen) atoms. The fraction of sp³-hybridized carbons (Fsp3) is 0.226. The Balaban J connectivity index is 1.46. The molecule has 3 N–H and O–H groups in total. The summed E-state index contributed by atoms with van der Waals surface area (Å²) in [5, 5.41) is 16.6. The first kappa shape index (κ1) is 27.5.